The lowest BCUT2D eigenvalue weighted by Gasteiger charge is -2.18. The van der Waals surface area contributed by atoms with Gasteiger partial charge in [0.15, 0.2) is 11.5 Å². The van der Waals surface area contributed by atoms with E-state index in [2.05, 4.69) is 41.6 Å². The minimum absolute atomic E-state index is 0.0285. The number of benzene rings is 1. The molecule has 0 aliphatic rings. The second-order valence-corrected chi connectivity index (χ2v) is 9.36. The van der Waals surface area contributed by atoms with Gasteiger partial charge in [-0.2, -0.15) is 0 Å². The molecule has 0 saturated carbocycles. The number of aliphatic imine (C=N–C) groups is 1. The molecule has 1 aromatic carbocycles. The summed E-state index contributed by atoms with van der Waals surface area (Å²) in [6.07, 6.45) is 1.86. The minimum atomic E-state index is -2.81. The molecule has 0 bridgehead atoms. The fourth-order valence-electron chi connectivity index (χ4n) is 2.51. The molecule has 2 aromatic rings. The standard InChI is InChI=1S/C17H25BrFN6O4P/c1-3-10-30(27,28-4-2)21-9-5-8-20-16-15(24-29-25-16)17(23-26)22-12-6-7-14(19)13(18)11-12/h6-7,11,26H,3-5,8-10H2,1-2H3,(H,20,25)(H,21,27)(H,22,23). The van der Waals surface area contributed by atoms with Crippen molar-refractivity contribution < 1.29 is 23.3 Å². The Morgan fingerprint density at radius 1 is 1.37 bits per heavy atom. The smallest absolute Gasteiger partial charge is 0.269 e. The summed E-state index contributed by atoms with van der Waals surface area (Å²) in [5, 5.41) is 23.0. The van der Waals surface area contributed by atoms with Gasteiger partial charge in [0.25, 0.3) is 7.52 Å². The fourth-order valence-corrected chi connectivity index (χ4v) is 4.76. The quantitative estimate of drug-likeness (QED) is 0.110. The second-order valence-electron chi connectivity index (χ2n) is 6.14. The van der Waals surface area contributed by atoms with Gasteiger partial charge < -0.3 is 9.84 Å². The Labute approximate surface area is 182 Å². The van der Waals surface area contributed by atoms with Crippen LogP contribution in [0.4, 0.5) is 15.9 Å². The topological polar surface area (TPSA) is 134 Å². The van der Waals surface area contributed by atoms with E-state index in [1.807, 2.05) is 19.3 Å². The van der Waals surface area contributed by atoms with Gasteiger partial charge in [-0.05, 0) is 64.2 Å². The number of halogens is 2. The van der Waals surface area contributed by atoms with E-state index in [-0.39, 0.29) is 21.8 Å². The van der Waals surface area contributed by atoms with Crippen molar-refractivity contribution in [2.75, 3.05) is 31.2 Å². The molecule has 0 spiro atoms. The summed E-state index contributed by atoms with van der Waals surface area (Å²) < 4.78 is 36.3. The molecule has 1 atom stereocenters. The van der Waals surface area contributed by atoms with Crippen molar-refractivity contribution >= 4 is 40.8 Å². The monoisotopic (exact) mass is 506 g/mol. The van der Waals surface area contributed by atoms with Crippen LogP contribution in [0.3, 0.4) is 0 Å². The Morgan fingerprint density at radius 3 is 2.83 bits per heavy atom. The van der Waals surface area contributed by atoms with Crippen molar-refractivity contribution in [1.29, 1.82) is 0 Å². The number of aromatic nitrogens is 2. The number of hydrogen-bond acceptors (Lipinski definition) is 8. The first-order valence-electron chi connectivity index (χ1n) is 9.41. The van der Waals surface area contributed by atoms with E-state index in [4.69, 9.17) is 9.15 Å². The van der Waals surface area contributed by atoms with Crippen molar-refractivity contribution in [2.24, 2.45) is 4.99 Å². The molecule has 1 heterocycles. The van der Waals surface area contributed by atoms with Crippen molar-refractivity contribution in [3.63, 3.8) is 0 Å². The zero-order valence-corrected chi connectivity index (χ0v) is 19.2. The van der Waals surface area contributed by atoms with E-state index in [9.17, 15) is 14.2 Å². The zero-order valence-electron chi connectivity index (χ0n) is 16.7. The van der Waals surface area contributed by atoms with E-state index < -0.39 is 13.3 Å². The first kappa shape index (κ1) is 24.4. The van der Waals surface area contributed by atoms with Gasteiger partial charge in [-0.3, -0.25) is 15.3 Å². The molecule has 2 rings (SSSR count). The van der Waals surface area contributed by atoms with E-state index in [0.29, 0.717) is 38.0 Å². The molecular formula is C17H25BrFN6O4P. The van der Waals surface area contributed by atoms with Crippen LogP contribution in [0.25, 0.3) is 0 Å². The maximum atomic E-state index is 13.4. The summed E-state index contributed by atoms with van der Waals surface area (Å²) in [5.41, 5.74) is 2.48. The van der Waals surface area contributed by atoms with Crippen LogP contribution in [-0.4, -0.2) is 47.2 Å². The van der Waals surface area contributed by atoms with Crippen LogP contribution < -0.4 is 15.9 Å². The molecule has 13 heteroatoms. The first-order valence-corrected chi connectivity index (χ1v) is 12.0. The van der Waals surface area contributed by atoms with Gasteiger partial charge in [0.2, 0.25) is 5.82 Å². The number of nitrogens with zero attached hydrogens (tertiary/aromatic N) is 3. The molecule has 4 N–H and O–H groups in total. The highest BCUT2D eigenvalue weighted by Gasteiger charge is 2.20. The Bertz CT molecular complexity index is 887. The molecule has 30 heavy (non-hydrogen) atoms. The minimum Gasteiger partial charge on any atom is -0.365 e. The van der Waals surface area contributed by atoms with E-state index in [1.54, 1.807) is 0 Å². The second kappa shape index (κ2) is 12.1. The molecule has 0 saturated heterocycles. The van der Waals surface area contributed by atoms with Crippen molar-refractivity contribution in [1.82, 2.24) is 20.9 Å². The van der Waals surface area contributed by atoms with Crippen molar-refractivity contribution in [3.05, 3.63) is 34.2 Å². The normalized spacial score (nSPS) is 13.8. The Morgan fingerprint density at radius 2 is 2.17 bits per heavy atom. The van der Waals surface area contributed by atoms with Gasteiger partial charge in [-0.15, -0.1) is 0 Å². The third-order valence-corrected chi connectivity index (χ3v) is 6.84. The summed E-state index contributed by atoms with van der Waals surface area (Å²) in [5.74, 6) is -0.198. The molecule has 10 nitrogen and oxygen atoms in total. The summed E-state index contributed by atoms with van der Waals surface area (Å²) in [6.45, 7) is 5.09. The molecule has 0 fully saturated rings. The Kier molecular flexibility index (Phi) is 9.86. The average Bonchev–Trinajstić information content (AvgIpc) is 3.17. The largest absolute Gasteiger partial charge is 0.365 e. The number of hydroxylamine groups is 1. The van der Waals surface area contributed by atoms with E-state index >= 15 is 0 Å². The molecular weight excluding hydrogens is 482 g/mol. The molecule has 0 amide bonds. The SMILES string of the molecule is CCCP(=O)(NCCCNc1nonc1C(=Nc1ccc(F)c(Br)c1)NO)OCC. The summed E-state index contributed by atoms with van der Waals surface area (Å²) in [7, 11) is -2.81. The highest BCUT2D eigenvalue weighted by Crippen LogP contribution is 2.42. The van der Waals surface area contributed by atoms with Gasteiger partial charge in [-0.1, -0.05) is 6.92 Å². The number of nitrogens with one attached hydrogen (secondary N) is 3. The van der Waals surface area contributed by atoms with Gasteiger partial charge in [0.1, 0.15) is 5.82 Å². The van der Waals surface area contributed by atoms with Crippen LogP contribution in [0, 0.1) is 5.82 Å². The third kappa shape index (κ3) is 7.13. The lowest BCUT2D eigenvalue weighted by Crippen LogP contribution is -2.23. The lowest BCUT2D eigenvalue weighted by molar-refractivity contribution is 0.234. The van der Waals surface area contributed by atoms with Crippen LogP contribution in [0.1, 0.15) is 32.4 Å². The number of rotatable bonds is 12. The van der Waals surface area contributed by atoms with Crippen LogP contribution in [-0.2, 0) is 9.09 Å². The van der Waals surface area contributed by atoms with Gasteiger partial charge in [0, 0.05) is 19.3 Å². The lowest BCUT2D eigenvalue weighted by atomic mass is 10.3. The Balaban J connectivity index is 1.96. The maximum absolute atomic E-state index is 13.4. The molecule has 0 aliphatic carbocycles. The predicted octanol–water partition coefficient (Wildman–Crippen LogP) is 4.06. The zero-order chi connectivity index (χ0) is 22.0. The van der Waals surface area contributed by atoms with Crippen LogP contribution >= 0.6 is 23.4 Å². The van der Waals surface area contributed by atoms with Crippen LogP contribution in [0.2, 0.25) is 0 Å². The van der Waals surface area contributed by atoms with Crippen LogP contribution in [0.15, 0.2) is 32.3 Å². The maximum Gasteiger partial charge on any atom is 0.269 e. The molecule has 166 valence electrons. The van der Waals surface area contributed by atoms with Gasteiger partial charge in [-0.25, -0.2) is 19.1 Å². The summed E-state index contributed by atoms with van der Waals surface area (Å²) >= 11 is 3.08. The van der Waals surface area contributed by atoms with Crippen molar-refractivity contribution in [2.45, 2.75) is 26.7 Å². The van der Waals surface area contributed by atoms with Crippen LogP contribution in [0.5, 0.6) is 0 Å². The average molecular weight is 507 g/mol. The van der Waals surface area contributed by atoms with Gasteiger partial charge >= 0.3 is 0 Å². The highest BCUT2D eigenvalue weighted by molar-refractivity contribution is 9.10. The highest BCUT2D eigenvalue weighted by atomic mass is 79.9. The number of anilines is 1. The van der Waals surface area contributed by atoms with E-state index in [0.717, 1.165) is 6.42 Å². The third-order valence-electron chi connectivity index (χ3n) is 3.82. The molecule has 0 aliphatic heterocycles. The number of amidine groups is 1. The summed E-state index contributed by atoms with van der Waals surface area (Å²) in [4.78, 5) is 4.19. The van der Waals surface area contributed by atoms with E-state index in [1.165, 1.54) is 18.2 Å². The number of hydrogen-bond donors (Lipinski definition) is 4. The molecule has 0 radical (unpaired) electrons. The summed E-state index contributed by atoms with van der Waals surface area (Å²) in [6, 6.07) is 4.13. The van der Waals surface area contributed by atoms with Crippen molar-refractivity contribution in [3.8, 4) is 0 Å². The molecule has 1 unspecified atom stereocenters. The predicted molar refractivity (Wildman–Crippen MR) is 115 cm³/mol. The van der Waals surface area contributed by atoms with Gasteiger partial charge in [0.05, 0.1) is 16.8 Å². The first-order chi connectivity index (χ1) is 14.4. The molecule has 1 aromatic heterocycles. The fraction of sp³-hybridized carbons (Fsp3) is 0.471. The Hall–Kier alpha value is -1.85.